The van der Waals surface area contributed by atoms with E-state index < -0.39 is 0 Å². The maximum Gasteiger partial charge on any atom is 0.0647 e. The van der Waals surface area contributed by atoms with Gasteiger partial charge < -0.3 is 5.11 Å². The van der Waals surface area contributed by atoms with Crippen molar-refractivity contribution in [2.75, 3.05) is 6.61 Å². The van der Waals surface area contributed by atoms with Crippen molar-refractivity contribution in [3.8, 4) is 0 Å². The molecule has 2 aliphatic carbocycles. The van der Waals surface area contributed by atoms with E-state index in [1.165, 1.54) is 36.0 Å². The summed E-state index contributed by atoms with van der Waals surface area (Å²) in [6.45, 7) is 0.208. The predicted octanol–water partition coefficient (Wildman–Crippen LogP) is 4.05. The molecule has 0 radical (unpaired) electrons. The standard InChI is InChI=1S/C15H17ClO/c16-13-3-1-11(2-4-13)14-5-6-15(7-8-15)9-12(14)10-17/h1-4,17H,5-10H2. The average Bonchev–Trinajstić information content (AvgIpc) is 3.10. The second kappa shape index (κ2) is 4.15. The normalized spacial score (nSPS) is 22.0. The van der Waals surface area contributed by atoms with Gasteiger partial charge in [0, 0.05) is 5.02 Å². The molecular formula is C15H17ClO. The molecule has 2 heteroatoms. The van der Waals surface area contributed by atoms with Crippen molar-refractivity contribution >= 4 is 17.2 Å². The van der Waals surface area contributed by atoms with Crippen molar-refractivity contribution in [3.05, 3.63) is 40.4 Å². The lowest BCUT2D eigenvalue weighted by Crippen LogP contribution is -2.13. The van der Waals surface area contributed by atoms with Gasteiger partial charge in [-0.3, -0.25) is 0 Å². The van der Waals surface area contributed by atoms with Gasteiger partial charge >= 0.3 is 0 Å². The van der Waals surface area contributed by atoms with Crippen LogP contribution in [0.15, 0.2) is 29.8 Å². The van der Waals surface area contributed by atoms with Gasteiger partial charge in [0.05, 0.1) is 6.61 Å². The summed E-state index contributed by atoms with van der Waals surface area (Å²) in [5, 5.41) is 10.3. The van der Waals surface area contributed by atoms with Crippen molar-refractivity contribution in [2.45, 2.75) is 32.1 Å². The zero-order valence-corrected chi connectivity index (χ0v) is 10.6. The molecule has 0 saturated heterocycles. The molecular weight excluding hydrogens is 232 g/mol. The van der Waals surface area contributed by atoms with Crippen molar-refractivity contribution in [1.82, 2.24) is 0 Å². The van der Waals surface area contributed by atoms with E-state index in [1.54, 1.807) is 0 Å². The van der Waals surface area contributed by atoms with Gasteiger partial charge in [-0.25, -0.2) is 0 Å². The first kappa shape index (κ1) is 11.3. The molecule has 1 aromatic carbocycles. The number of aliphatic hydroxyl groups excluding tert-OH is 1. The van der Waals surface area contributed by atoms with Crippen LogP contribution in [-0.2, 0) is 0 Å². The second-order valence-electron chi connectivity index (χ2n) is 5.42. The lowest BCUT2D eigenvalue weighted by atomic mass is 9.79. The molecule has 0 aromatic heterocycles. The Hall–Kier alpha value is -0.790. The highest BCUT2D eigenvalue weighted by Crippen LogP contribution is 2.58. The van der Waals surface area contributed by atoms with Gasteiger partial charge in [-0.1, -0.05) is 23.7 Å². The lowest BCUT2D eigenvalue weighted by Gasteiger charge is -2.26. The van der Waals surface area contributed by atoms with Gasteiger partial charge in [0.15, 0.2) is 0 Å². The molecule has 0 amide bonds. The Labute approximate surface area is 107 Å². The van der Waals surface area contributed by atoms with Crippen LogP contribution in [0, 0.1) is 5.41 Å². The Bertz CT molecular complexity index is 454. The van der Waals surface area contributed by atoms with Crippen LogP contribution in [0.25, 0.3) is 5.57 Å². The zero-order valence-electron chi connectivity index (χ0n) is 9.88. The zero-order chi connectivity index (χ0) is 11.9. The number of benzene rings is 1. The highest BCUT2D eigenvalue weighted by molar-refractivity contribution is 6.30. The van der Waals surface area contributed by atoms with Crippen LogP contribution < -0.4 is 0 Å². The number of hydrogen-bond donors (Lipinski definition) is 1. The minimum atomic E-state index is 0.208. The van der Waals surface area contributed by atoms with Crippen molar-refractivity contribution in [1.29, 1.82) is 0 Å². The van der Waals surface area contributed by atoms with Crippen LogP contribution >= 0.6 is 11.6 Å². The fraction of sp³-hybridized carbons (Fsp3) is 0.467. The topological polar surface area (TPSA) is 20.2 Å². The van der Waals surface area contributed by atoms with Gasteiger partial charge in [-0.2, -0.15) is 0 Å². The summed E-state index contributed by atoms with van der Waals surface area (Å²) in [6.07, 6.45) is 6.20. The number of halogens is 1. The highest BCUT2D eigenvalue weighted by Gasteiger charge is 2.44. The Morgan fingerprint density at radius 3 is 2.41 bits per heavy atom. The summed E-state index contributed by atoms with van der Waals surface area (Å²) in [7, 11) is 0. The summed E-state index contributed by atoms with van der Waals surface area (Å²) in [5.74, 6) is 0. The Balaban J connectivity index is 1.94. The minimum absolute atomic E-state index is 0.208. The Kier molecular flexibility index (Phi) is 2.76. The highest BCUT2D eigenvalue weighted by atomic mass is 35.5. The molecule has 90 valence electrons. The van der Waals surface area contributed by atoms with Gasteiger partial charge in [0.25, 0.3) is 0 Å². The first-order chi connectivity index (χ1) is 8.22. The van der Waals surface area contributed by atoms with E-state index in [0.717, 1.165) is 17.9 Å². The van der Waals surface area contributed by atoms with Gasteiger partial charge in [0.1, 0.15) is 0 Å². The second-order valence-corrected chi connectivity index (χ2v) is 5.86. The summed E-state index contributed by atoms with van der Waals surface area (Å²) in [5.41, 5.74) is 4.39. The third-order valence-corrected chi connectivity index (χ3v) is 4.51. The smallest absolute Gasteiger partial charge is 0.0647 e. The first-order valence-corrected chi connectivity index (χ1v) is 6.68. The molecule has 3 rings (SSSR count). The molecule has 2 aliphatic rings. The quantitative estimate of drug-likeness (QED) is 0.837. The molecule has 1 saturated carbocycles. The molecule has 1 spiro atoms. The van der Waals surface area contributed by atoms with Crippen LogP contribution in [0.3, 0.4) is 0 Å². The molecule has 0 heterocycles. The van der Waals surface area contributed by atoms with Gasteiger partial charge in [-0.15, -0.1) is 0 Å². The minimum Gasteiger partial charge on any atom is -0.392 e. The van der Waals surface area contributed by atoms with E-state index in [0.29, 0.717) is 5.41 Å². The molecule has 1 N–H and O–H groups in total. The maximum atomic E-state index is 9.55. The van der Waals surface area contributed by atoms with E-state index in [9.17, 15) is 5.11 Å². The monoisotopic (exact) mass is 248 g/mol. The lowest BCUT2D eigenvalue weighted by molar-refractivity contribution is 0.309. The van der Waals surface area contributed by atoms with E-state index in [-0.39, 0.29) is 6.61 Å². The number of aliphatic hydroxyl groups is 1. The fourth-order valence-corrected chi connectivity index (χ4v) is 3.10. The van der Waals surface area contributed by atoms with E-state index in [1.807, 2.05) is 12.1 Å². The average molecular weight is 249 g/mol. The summed E-state index contributed by atoms with van der Waals surface area (Å²) in [4.78, 5) is 0. The van der Waals surface area contributed by atoms with Crippen LogP contribution in [0.4, 0.5) is 0 Å². The SMILES string of the molecule is OCC1=C(c2ccc(Cl)cc2)CCC2(CC2)C1. The molecule has 0 unspecified atom stereocenters. The Morgan fingerprint density at radius 1 is 1.12 bits per heavy atom. The van der Waals surface area contributed by atoms with Gasteiger partial charge in [0.2, 0.25) is 0 Å². The van der Waals surface area contributed by atoms with E-state index >= 15 is 0 Å². The van der Waals surface area contributed by atoms with Crippen LogP contribution in [-0.4, -0.2) is 11.7 Å². The molecule has 17 heavy (non-hydrogen) atoms. The number of rotatable bonds is 2. The van der Waals surface area contributed by atoms with Crippen molar-refractivity contribution in [2.24, 2.45) is 5.41 Å². The first-order valence-electron chi connectivity index (χ1n) is 6.30. The summed E-state index contributed by atoms with van der Waals surface area (Å²) < 4.78 is 0. The molecule has 1 aromatic rings. The molecule has 0 aliphatic heterocycles. The van der Waals surface area contributed by atoms with Crippen LogP contribution in [0.1, 0.15) is 37.7 Å². The molecule has 1 nitrogen and oxygen atoms in total. The Morgan fingerprint density at radius 2 is 1.82 bits per heavy atom. The summed E-state index contributed by atoms with van der Waals surface area (Å²) in [6, 6.07) is 8.00. The molecule has 0 atom stereocenters. The predicted molar refractivity (Wildman–Crippen MR) is 71.0 cm³/mol. The largest absolute Gasteiger partial charge is 0.392 e. The fourth-order valence-electron chi connectivity index (χ4n) is 2.97. The van der Waals surface area contributed by atoms with Crippen LogP contribution in [0.2, 0.25) is 5.02 Å². The third kappa shape index (κ3) is 2.14. The van der Waals surface area contributed by atoms with Gasteiger partial charge in [-0.05, 0) is 66.4 Å². The third-order valence-electron chi connectivity index (χ3n) is 4.26. The number of allylic oxidation sites excluding steroid dienone is 1. The van der Waals surface area contributed by atoms with E-state index in [4.69, 9.17) is 11.6 Å². The van der Waals surface area contributed by atoms with Crippen molar-refractivity contribution in [3.63, 3.8) is 0 Å². The maximum absolute atomic E-state index is 9.55. The molecule has 1 fully saturated rings. The number of hydrogen-bond acceptors (Lipinski definition) is 1. The van der Waals surface area contributed by atoms with Crippen LogP contribution in [0.5, 0.6) is 0 Å². The van der Waals surface area contributed by atoms with Crippen molar-refractivity contribution < 1.29 is 5.11 Å². The van der Waals surface area contributed by atoms with E-state index in [2.05, 4.69) is 12.1 Å². The summed E-state index contributed by atoms with van der Waals surface area (Å²) >= 11 is 5.91. The molecule has 0 bridgehead atoms.